The molecule has 0 bridgehead atoms. The Morgan fingerprint density at radius 1 is 1.17 bits per heavy atom. The molecule has 0 amide bonds. The Hall–Kier alpha value is -0.680. The van der Waals surface area contributed by atoms with E-state index < -0.39 is 0 Å². The van der Waals surface area contributed by atoms with Gasteiger partial charge in [-0.05, 0) is 17.5 Å². The van der Waals surface area contributed by atoms with Gasteiger partial charge < -0.3 is 0 Å². The topological polar surface area (TPSA) is 12.4 Å². The van der Waals surface area contributed by atoms with E-state index in [0.717, 1.165) is 21.0 Å². The first kappa shape index (κ1) is 9.41. The summed E-state index contributed by atoms with van der Waals surface area (Å²) in [7, 11) is 3.01. The molecule has 0 radical (unpaired) electrons. The second-order valence-electron chi connectivity index (χ2n) is 2.67. The van der Waals surface area contributed by atoms with Crippen molar-refractivity contribution in [2.24, 2.45) is 4.74 Å². The van der Waals surface area contributed by atoms with Crippen LogP contribution in [0.25, 0.3) is 0 Å². The maximum atomic E-state index is 4.05. The number of hydrogen-bond acceptors (Lipinski definition) is 1. The molecule has 12 heavy (non-hydrogen) atoms. The van der Waals surface area contributed by atoms with Crippen molar-refractivity contribution in [3.8, 4) is 0 Å². The van der Waals surface area contributed by atoms with Crippen molar-refractivity contribution in [3.05, 3.63) is 35.4 Å². The van der Waals surface area contributed by atoms with Gasteiger partial charge in [0.25, 0.3) is 0 Å². The maximum Gasteiger partial charge on any atom is 0.0320 e. The molecule has 1 rings (SSSR count). The summed E-state index contributed by atoms with van der Waals surface area (Å²) < 4.78 is 4.05. The number of aryl methyl sites for hydroxylation is 1. The van der Waals surface area contributed by atoms with Crippen molar-refractivity contribution >= 4 is 8.37 Å². The SMILES string of the molecule is CCc1ccc(CP=NC)cc1. The van der Waals surface area contributed by atoms with Crippen LogP contribution in [0.4, 0.5) is 0 Å². The molecule has 1 nitrogen and oxygen atoms in total. The second-order valence-corrected chi connectivity index (χ2v) is 3.67. The summed E-state index contributed by atoms with van der Waals surface area (Å²) in [4.78, 5) is 0. The predicted molar refractivity (Wildman–Crippen MR) is 54.8 cm³/mol. The largest absolute Gasteiger partial charge is 0.272 e. The standard InChI is InChI=1S/C10H14NP/c1-3-9-4-6-10(7-5-9)8-12-11-2/h4-7H,3,8H2,1-2H3. The third-order valence-corrected chi connectivity index (χ3v) is 2.62. The summed E-state index contributed by atoms with van der Waals surface area (Å²) in [6.07, 6.45) is 2.16. The summed E-state index contributed by atoms with van der Waals surface area (Å²) in [5.74, 6) is 0. The Kier molecular flexibility index (Phi) is 3.96. The zero-order valence-corrected chi connectivity index (χ0v) is 8.51. The molecule has 0 heterocycles. The molecule has 0 aliphatic rings. The Balaban J connectivity index is 2.64. The van der Waals surface area contributed by atoms with Gasteiger partial charge in [0.15, 0.2) is 0 Å². The van der Waals surface area contributed by atoms with Crippen LogP contribution in [0.15, 0.2) is 29.0 Å². The normalized spacial score (nSPS) is 10.8. The van der Waals surface area contributed by atoms with Gasteiger partial charge in [0.05, 0.1) is 0 Å². The first-order valence-corrected chi connectivity index (χ1v) is 5.23. The smallest absolute Gasteiger partial charge is 0.0320 e. The molecule has 1 aromatic rings. The summed E-state index contributed by atoms with van der Waals surface area (Å²) in [5.41, 5.74) is 2.78. The monoisotopic (exact) mass is 179 g/mol. The van der Waals surface area contributed by atoms with Gasteiger partial charge in [-0.1, -0.05) is 31.2 Å². The Labute approximate surface area is 75.7 Å². The molecule has 0 N–H and O–H groups in total. The third kappa shape index (κ3) is 2.75. The van der Waals surface area contributed by atoms with Crippen molar-refractivity contribution in [1.29, 1.82) is 0 Å². The van der Waals surface area contributed by atoms with E-state index in [-0.39, 0.29) is 0 Å². The van der Waals surface area contributed by atoms with Crippen LogP contribution in [-0.4, -0.2) is 7.05 Å². The fourth-order valence-corrected chi connectivity index (χ4v) is 1.55. The molecule has 1 aromatic carbocycles. The summed E-state index contributed by atoms with van der Waals surface area (Å²) >= 11 is 0. The van der Waals surface area contributed by atoms with Crippen molar-refractivity contribution < 1.29 is 0 Å². The van der Waals surface area contributed by atoms with E-state index in [9.17, 15) is 0 Å². The molecule has 0 aliphatic carbocycles. The highest BCUT2D eigenvalue weighted by atomic mass is 31.1. The van der Waals surface area contributed by atoms with Crippen LogP contribution >= 0.6 is 8.37 Å². The van der Waals surface area contributed by atoms with E-state index in [1.54, 1.807) is 0 Å². The summed E-state index contributed by atoms with van der Waals surface area (Å²) in [6, 6.07) is 8.77. The van der Waals surface area contributed by atoms with E-state index in [4.69, 9.17) is 0 Å². The average Bonchev–Trinajstić information content (AvgIpc) is 2.15. The van der Waals surface area contributed by atoms with Crippen molar-refractivity contribution in [2.75, 3.05) is 7.05 Å². The van der Waals surface area contributed by atoms with Gasteiger partial charge in [-0.25, -0.2) is 0 Å². The lowest BCUT2D eigenvalue weighted by Crippen LogP contribution is -1.81. The van der Waals surface area contributed by atoms with Crippen LogP contribution in [0.1, 0.15) is 18.1 Å². The fourth-order valence-electron chi connectivity index (χ4n) is 1.03. The number of rotatable bonds is 3. The predicted octanol–water partition coefficient (Wildman–Crippen LogP) is 3.51. The molecular weight excluding hydrogens is 165 g/mol. The summed E-state index contributed by atoms with van der Waals surface area (Å²) in [5, 5.41) is 0. The van der Waals surface area contributed by atoms with Crippen molar-refractivity contribution in [1.82, 2.24) is 0 Å². The molecule has 0 aromatic heterocycles. The highest BCUT2D eigenvalue weighted by Crippen LogP contribution is 2.12. The molecule has 64 valence electrons. The van der Waals surface area contributed by atoms with Gasteiger partial charge in [0, 0.05) is 21.6 Å². The van der Waals surface area contributed by atoms with Crippen LogP contribution in [-0.2, 0) is 12.6 Å². The number of benzene rings is 1. The van der Waals surface area contributed by atoms with E-state index in [0.29, 0.717) is 0 Å². The van der Waals surface area contributed by atoms with Crippen LogP contribution in [0, 0.1) is 0 Å². The van der Waals surface area contributed by atoms with Gasteiger partial charge >= 0.3 is 0 Å². The van der Waals surface area contributed by atoms with Gasteiger partial charge in [-0.2, -0.15) is 0 Å². The molecular formula is C10H14NP. The van der Waals surface area contributed by atoms with Gasteiger partial charge in [0.1, 0.15) is 0 Å². The van der Waals surface area contributed by atoms with Gasteiger partial charge in [0.2, 0.25) is 0 Å². The lowest BCUT2D eigenvalue weighted by molar-refractivity contribution is 1.13. The molecule has 2 heteroatoms. The zero-order valence-electron chi connectivity index (χ0n) is 7.62. The molecule has 0 aliphatic heterocycles. The fraction of sp³-hybridized carbons (Fsp3) is 0.400. The second kappa shape index (κ2) is 5.05. The van der Waals surface area contributed by atoms with E-state index in [1.165, 1.54) is 11.1 Å². The van der Waals surface area contributed by atoms with Crippen LogP contribution in [0.3, 0.4) is 0 Å². The highest BCUT2D eigenvalue weighted by molar-refractivity contribution is 7.25. The quantitative estimate of drug-likeness (QED) is 0.629. The molecule has 0 fully saturated rings. The molecule has 0 saturated carbocycles. The van der Waals surface area contributed by atoms with Crippen LogP contribution in [0.5, 0.6) is 0 Å². The average molecular weight is 179 g/mol. The van der Waals surface area contributed by atoms with E-state index >= 15 is 0 Å². The molecule has 0 unspecified atom stereocenters. The van der Waals surface area contributed by atoms with Crippen LogP contribution in [0.2, 0.25) is 0 Å². The van der Waals surface area contributed by atoms with E-state index in [1.807, 2.05) is 7.05 Å². The Bertz CT molecular complexity index is 251. The first-order valence-electron chi connectivity index (χ1n) is 4.20. The van der Waals surface area contributed by atoms with Crippen molar-refractivity contribution in [2.45, 2.75) is 19.5 Å². The maximum absolute atomic E-state index is 4.05. The number of nitrogens with zero attached hydrogens (tertiary/aromatic N) is 1. The minimum absolute atomic E-state index is 1.04. The summed E-state index contributed by atoms with van der Waals surface area (Å²) in [6.45, 7) is 2.18. The molecule has 0 atom stereocenters. The van der Waals surface area contributed by atoms with Gasteiger partial charge in [-0.3, -0.25) is 4.74 Å². The third-order valence-electron chi connectivity index (χ3n) is 1.83. The van der Waals surface area contributed by atoms with Crippen molar-refractivity contribution in [3.63, 3.8) is 0 Å². The lowest BCUT2D eigenvalue weighted by Gasteiger charge is -1.97. The minimum atomic E-state index is 1.04. The van der Waals surface area contributed by atoms with E-state index in [2.05, 4.69) is 35.9 Å². The van der Waals surface area contributed by atoms with Gasteiger partial charge in [-0.15, -0.1) is 0 Å². The number of hydrogen-bond donors (Lipinski definition) is 0. The molecule has 0 saturated heterocycles. The lowest BCUT2D eigenvalue weighted by atomic mass is 10.1. The highest BCUT2D eigenvalue weighted by Gasteiger charge is 1.90. The minimum Gasteiger partial charge on any atom is -0.272 e. The Morgan fingerprint density at radius 3 is 2.25 bits per heavy atom. The molecule has 0 spiro atoms. The first-order chi connectivity index (χ1) is 5.86. The Morgan fingerprint density at radius 2 is 1.75 bits per heavy atom. The zero-order chi connectivity index (χ0) is 8.81. The van der Waals surface area contributed by atoms with Crippen LogP contribution < -0.4 is 0 Å².